The Morgan fingerprint density at radius 3 is 2.67 bits per heavy atom. The third-order valence-corrected chi connectivity index (χ3v) is 5.03. The van der Waals surface area contributed by atoms with E-state index >= 15 is 0 Å². The van der Waals surface area contributed by atoms with Crippen LogP contribution in [-0.2, 0) is 7.05 Å². The predicted molar refractivity (Wildman–Crippen MR) is 105 cm³/mol. The van der Waals surface area contributed by atoms with Crippen LogP contribution in [0.25, 0.3) is 11.3 Å². The molecule has 2 aromatic heterocycles. The molecule has 0 unspecified atom stereocenters. The van der Waals surface area contributed by atoms with Crippen LogP contribution in [-0.4, -0.2) is 39.5 Å². The van der Waals surface area contributed by atoms with E-state index in [0.29, 0.717) is 41.4 Å². The van der Waals surface area contributed by atoms with Gasteiger partial charge in [-0.15, -0.1) is 0 Å². The number of aromatic nitrogens is 3. The lowest BCUT2D eigenvalue weighted by Gasteiger charge is -2.35. The van der Waals surface area contributed by atoms with Crippen molar-refractivity contribution in [3.05, 3.63) is 59.7 Å². The number of hydrogen-bond acceptors (Lipinski definition) is 5. The van der Waals surface area contributed by atoms with Gasteiger partial charge in [-0.2, -0.15) is 0 Å². The molecule has 1 fully saturated rings. The van der Waals surface area contributed by atoms with Gasteiger partial charge in [0.25, 0.3) is 0 Å². The Morgan fingerprint density at radius 2 is 2.00 bits per heavy atom. The molecule has 0 amide bonds. The van der Waals surface area contributed by atoms with Crippen LogP contribution in [0.2, 0.25) is 0 Å². The smallest absolute Gasteiger partial charge is 0.135 e. The van der Waals surface area contributed by atoms with Crippen LogP contribution in [0.1, 0.15) is 17.0 Å². The second kappa shape index (κ2) is 6.50. The highest BCUT2D eigenvalue weighted by molar-refractivity contribution is 6.14. The second-order valence-corrected chi connectivity index (χ2v) is 6.83. The Labute approximate surface area is 157 Å². The number of nitrogens with zero attached hydrogens (tertiary/aromatic N) is 4. The van der Waals surface area contributed by atoms with Gasteiger partial charge in [0.05, 0.1) is 30.7 Å². The molecule has 3 N–H and O–H groups in total. The maximum atomic E-state index is 13.1. The highest BCUT2D eigenvalue weighted by Gasteiger charge is 2.27. The minimum atomic E-state index is -0.801. The number of aryl methyl sites for hydroxylation is 1. The second-order valence-electron chi connectivity index (χ2n) is 6.83. The fourth-order valence-electron chi connectivity index (χ4n) is 3.22. The maximum Gasteiger partial charge on any atom is 0.135 e. The Bertz CT molecular complexity index is 1020. The third kappa shape index (κ3) is 3.05. The van der Waals surface area contributed by atoms with E-state index in [1.807, 2.05) is 53.9 Å². The van der Waals surface area contributed by atoms with Gasteiger partial charge in [-0.1, -0.05) is 6.07 Å². The van der Waals surface area contributed by atoms with Crippen LogP contribution in [0.3, 0.4) is 0 Å². The molecule has 0 aliphatic carbocycles. The van der Waals surface area contributed by atoms with E-state index < -0.39 is 6.17 Å². The Hall–Kier alpha value is -3.22. The number of hydrogen-bond donors (Lipinski definition) is 2. The zero-order valence-electron chi connectivity index (χ0n) is 15.3. The van der Waals surface area contributed by atoms with Gasteiger partial charge in [0.1, 0.15) is 17.8 Å². The van der Waals surface area contributed by atoms with E-state index in [2.05, 4.69) is 9.97 Å². The Morgan fingerprint density at radius 1 is 1.22 bits per heavy atom. The van der Waals surface area contributed by atoms with Crippen molar-refractivity contribution >= 4 is 17.2 Å². The fraction of sp³-hybridized carbons (Fsp3) is 0.250. The molecular formula is C20H21FN6. The van der Waals surface area contributed by atoms with Gasteiger partial charge in [-0.05, 0) is 31.2 Å². The number of nitrogen functional groups attached to an aromatic ring is 1. The fourth-order valence-corrected chi connectivity index (χ4v) is 3.22. The molecule has 27 heavy (non-hydrogen) atoms. The Kier molecular flexibility index (Phi) is 4.14. The van der Waals surface area contributed by atoms with Crippen molar-refractivity contribution in [2.24, 2.45) is 7.05 Å². The number of alkyl halides is 1. The van der Waals surface area contributed by atoms with Crippen LogP contribution in [0, 0.1) is 12.3 Å². The average Bonchev–Trinajstić information content (AvgIpc) is 2.98. The molecule has 3 aromatic rings. The first-order valence-corrected chi connectivity index (χ1v) is 8.76. The van der Waals surface area contributed by atoms with E-state index in [9.17, 15) is 4.39 Å². The van der Waals surface area contributed by atoms with Crippen LogP contribution in [0.15, 0.2) is 42.7 Å². The highest BCUT2D eigenvalue weighted by atomic mass is 19.1. The number of halogens is 1. The van der Waals surface area contributed by atoms with Gasteiger partial charge >= 0.3 is 0 Å². The van der Waals surface area contributed by atoms with Gasteiger partial charge < -0.3 is 15.2 Å². The van der Waals surface area contributed by atoms with Gasteiger partial charge in [0.2, 0.25) is 0 Å². The summed E-state index contributed by atoms with van der Waals surface area (Å²) in [5.74, 6) is 1.60. The molecule has 138 valence electrons. The average molecular weight is 364 g/mol. The van der Waals surface area contributed by atoms with Gasteiger partial charge in [0.15, 0.2) is 0 Å². The summed E-state index contributed by atoms with van der Waals surface area (Å²) in [5.41, 5.74) is 10.3. The first-order chi connectivity index (χ1) is 12.9. The summed E-state index contributed by atoms with van der Waals surface area (Å²) < 4.78 is 15.1. The van der Waals surface area contributed by atoms with Crippen LogP contribution in [0.5, 0.6) is 0 Å². The number of nitrogens with one attached hydrogen (secondary N) is 1. The normalized spacial score (nSPS) is 14.3. The van der Waals surface area contributed by atoms with Crippen molar-refractivity contribution in [1.29, 1.82) is 5.41 Å². The number of rotatable bonds is 4. The standard InChI is InChI=1S/C20H21FN6/c1-12-25-9-18(26(12)2)13-3-4-17(22)16(7-13)20(23)14-5-6-24-19(8-14)27-10-15(21)11-27/h3-9,15,23H,10-11,22H2,1-2H3. The summed E-state index contributed by atoms with van der Waals surface area (Å²) >= 11 is 0. The minimum Gasteiger partial charge on any atom is -0.398 e. The first kappa shape index (κ1) is 17.2. The molecule has 0 saturated carbocycles. The number of nitrogens with two attached hydrogens (primary N) is 1. The lowest BCUT2D eigenvalue weighted by Crippen LogP contribution is -2.48. The summed E-state index contributed by atoms with van der Waals surface area (Å²) in [6.45, 7) is 2.64. The number of imidazole rings is 1. The topological polar surface area (TPSA) is 83.8 Å². The van der Waals surface area contributed by atoms with Gasteiger partial charge in [-0.3, -0.25) is 5.41 Å². The summed E-state index contributed by atoms with van der Waals surface area (Å²) in [5, 5.41) is 8.66. The summed E-state index contributed by atoms with van der Waals surface area (Å²) in [4.78, 5) is 10.5. The Balaban J connectivity index is 1.69. The molecule has 7 heteroatoms. The SMILES string of the molecule is Cc1ncc(-c2ccc(N)c(C(=N)c3ccnc(N4CC(F)C4)c3)c2)n1C. The van der Waals surface area contributed by atoms with Crippen LogP contribution >= 0.6 is 0 Å². The molecule has 0 spiro atoms. The van der Waals surface area contributed by atoms with E-state index in [-0.39, 0.29) is 0 Å². The molecule has 0 radical (unpaired) electrons. The van der Waals surface area contributed by atoms with Crippen molar-refractivity contribution < 1.29 is 4.39 Å². The zero-order chi connectivity index (χ0) is 19.1. The lowest BCUT2D eigenvalue weighted by molar-refractivity contribution is 0.273. The van der Waals surface area contributed by atoms with Crippen molar-refractivity contribution in [2.75, 3.05) is 23.7 Å². The molecule has 1 aliphatic heterocycles. The molecule has 6 nitrogen and oxygen atoms in total. The number of anilines is 2. The molecule has 0 bridgehead atoms. The molecule has 1 saturated heterocycles. The van der Waals surface area contributed by atoms with Crippen molar-refractivity contribution in [3.8, 4) is 11.3 Å². The first-order valence-electron chi connectivity index (χ1n) is 8.76. The van der Waals surface area contributed by atoms with Gasteiger partial charge in [-0.25, -0.2) is 14.4 Å². The summed E-state index contributed by atoms with van der Waals surface area (Å²) in [6.07, 6.45) is 2.66. The molecule has 4 rings (SSSR count). The zero-order valence-corrected chi connectivity index (χ0v) is 15.3. The third-order valence-electron chi connectivity index (χ3n) is 5.03. The predicted octanol–water partition coefficient (Wildman–Crippen LogP) is 2.95. The highest BCUT2D eigenvalue weighted by Crippen LogP contribution is 2.27. The maximum absolute atomic E-state index is 13.1. The molecule has 1 aliphatic rings. The lowest BCUT2D eigenvalue weighted by atomic mass is 9.98. The van der Waals surface area contributed by atoms with Crippen molar-refractivity contribution in [3.63, 3.8) is 0 Å². The largest absolute Gasteiger partial charge is 0.398 e. The quantitative estimate of drug-likeness (QED) is 0.551. The summed E-state index contributed by atoms with van der Waals surface area (Å²) in [6, 6.07) is 9.25. The summed E-state index contributed by atoms with van der Waals surface area (Å²) in [7, 11) is 1.96. The van der Waals surface area contributed by atoms with Crippen LogP contribution in [0.4, 0.5) is 15.9 Å². The van der Waals surface area contributed by atoms with E-state index in [1.165, 1.54) is 0 Å². The number of pyridine rings is 1. The molecule has 0 atom stereocenters. The molecule has 1 aromatic carbocycles. The molecular weight excluding hydrogens is 343 g/mol. The van der Waals surface area contributed by atoms with Crippen LogP contribution < -0.4 is 10.6 Å². The monoisotopic (exact) mass is 364 g/mol. The van der Waals surface area contributed by atoms with E-state index in [0.717, 1.165) is 17.1 Å². The minimum absolute atomic E-state index is 0.314. The van der Waals surface area contributed by atoms with Crippen molar-refractivity contribution in [2.45, 2.75) is 13.1 Å². The number of benzene rings is 1. The van der Waals surface area contributed by atoms with Gasteiger partial charge in [0, 0.05) is 35.6 Å². The van der Waals surface area contributed by atoms with E-state index in [4.69, 9.17) is 11.1 Å². The molecule has 3 heterocycles. The van der Waals surface area contributed by atoms with E-state index in [1.54, 1.807) is 12.3 Å². The van der Waals surface area contributed by atoms with Crippen molar-refractivity contribution in [1.82, 2.24) is 14.5 Å².